The van der Waals surface area contributed by atoms with E-state index in [2.05, 4.69) is 5.32 Å². The molecule has 0 aromatic heterocycles. The monoisotopic (exact) mass is 403 g/mol. The van der Waals surface area contributed by atoms with Crippen molar-refractivity contribution in [2.45, 2.75) is 11.8 Å². The summed E-state index contributed by atoms with van der Waals surface area (Å²) >= 11 is 1.31. The van der Waals surface area contributed by atoms with Gasteiger partial charge in [-0.1, -0.05) is 0 Å². The molecule has 0 bridgehead atoms. The number of benzene rings is 2. The van der Waals surface area contributed by atoms with Crippen molar-refractivity contribution < 1.29 is 28.5 Å². The summed E-state index contributed by atoms with van der Waals surface area (Å²) in [5, 5.41) is 2.67. The summed E-state index contributed by atoms with van der Waals surface area (Å²) < 4.78 is 21.3. The first-order valence-corrected chi connectivity index (χ1v) is 9.83. The Kier molecular flexibility index (Phi) is 7.02. The Morgan fingerprint density at radius 1 is 1.07 bits per heavy atom. The van der Waals surface area contributed by atoms with Crippen molar-refractivity contribution in [3.05, 3.63) is 42.5 Å². The molecule has 0 saturated carbocycles. The molecule has 1 N–H and O–H groups in total. The molecule has 0 aliphatic carbocycles. The number of hydrogen-bond donors (Lipinski definition) is 1. The number of amides is 1. The van der Waals surface area contributed by atoms with Crippen molar-refractivity contribution in [1.82, 2.24) is 0 Å². The fraction of sp³-hybridized carbons (Fsp3) is 0.300. The van der Waals surface area contributed by atoms with Crippen LogP contribution in [0.2, 0.25) is 0 Å². The van der Waals surface area contributed by atoms with Gasteiger partial charge in [-0.15, -0.1) is 11.8 Å². The minimum absolute atomic E-state index is 0.0932. The Balaban J connectivity index is 1.39. The third kappa shape index (κ3) is 5.82. The number of fused-ring (bicyclic) bond motifs is 1. The van der Waals surface area contributed by atoms with E-state index in [1.165, 1.54) is 11.8 Å². The first-order valence-electron chi connectivity index (χ1n) is 8.85. The lowest BCUT2D eigenvalue weighted by Crippen LogP contribution is -2.21. The highest BCUT2D eigenvalue weighted by Crippen LogP contribution is 2.34. The lowest BCUT2D eigenvalue weighted by atomic mass is 10.3. The van der Waals surface area contributed by atoms with Crippen LogP contribution in [0.4, 0.5) is 5.69 Å². The van der Waals surface area contributed by atoms with Crippen molar-refractivity contribution in [2.75, 3.05) is 37.5 Å². The molecule has 8 heteroatoms. The van der Waals surface area contributed by atoms with Crippen LogP contribution in [0.1, 0.15) is 6.92 Å². The predicted octanol–water partition coefficient (Wildman–Crippen LogP) is 3.13. The first-order chi connectivity index (χ1) is 13.6. The van der Waals surface area contributed by atoms with Gasteiger partial charge in [-0.2, -0.15) is 0 Å². The van der Waals surface area contributed by atoms with Crippen LogP contribution in [0.5, 0.6) is 17.2 Å². The SMILES string of the molecule is CCOc1ccc(NC(=O)COC(=O)CSc2ccc3c(c2)OCCO3)cc1. The number of rotatable bonds is 8. The predicted molar refractivity (Wildman–Crippen MR) is 105 cm³/mol. The summed E-state index contributed by atoms with van der Waals surface area (Å²) in [6.45, 7) is 3.17. The van der Waals surface area contributed by atoms with Gasteiger partial charge in [0.1, 0.15) is 19.0 Å². The summed E-state index contributed by atoms with van der Waals surface area (Å²) in [5.74, 6) is 1.31. The highest BCUT2D eigenvalue weighted by atomic mass is 32.2. The van der Waals surface area contributed by atoms with Gasteiger partial charge in [-0.05, 0) is 49.4 Å². The molecule has 0 unspecified atom stereocenters. The normalized spacial score (nSPS) is 12.2. The molecule has 7 nitrogen and oxygen atoms in total. The second kappa shape index (κ2) is 9.89. The summed E-state index contributed by atoms with van der Waals surface area (Å²) in [4.78, 5) is 24.6. The molecule has 2 aromatic rings. The van der Waals surface area contributed by atoms with Crippen LogP contribution in [-0.2, 0) is 14.3 Å². The second-order valence-electron chi connectivity index (χ2n) is 5.76. The molecule has 2 aromatic carbocycles. The van der Waals surface area contributed by atoms with Gasteiger partial charge in [0.15, 0.2) is 18.1 Å². The van der Waals surface area contributed by atoms with E-state index < -0.39 is 11.9 Å². The van der Waals surface area contributed by atoms with Crippen LogP contribution in [-0.4, -0.2) is 44.1 Å². The zero-order valence-corrected chi connectivity index (χ0v) is 16.3. The van der Waals surface area contributed by atoms with Crippen LogP contribution in [0.3, 0.4) is 0 Å². The molecule has 1 aliphatic heterocycles. The van der Waals surface area contributed by atoms with Gasteiger partial charge in [-0.25, -0.2) is 0 Å². The molecule has 0 spiro atoms. The van der Waals surface area contributed by atoms with E-state index in [4.69, 9.17) is 18.9 Å². The van der Waals surface area contributed by atoms with E-state index in [0.29, 0.717) is 37.0 Å². The second-order valence-corrected chi connectivity index (χ2v) is 6.81. The summed E-state index contributed by atoms with van der Waals surface area (Å²) in [6, 6.07) is 12.5. The van der Waals surface area contributed by atoms with Gasteiger partial charge in [0.2, 0.25) is 0 Å². The van der Waals surface area contributed by atoms with Gasteiger partial charge in [0.25, 0.3) is 5.91 Å². The van der Waals surface area contributed by atoms with Crippen LogP contribution < -0.4 is 19.5 Å². The van der Waals surface area contributed by atoms with E-state index >= 15 is 0 Å². The Bertz CT molecular complexity index is 824. The van der Waals surface area contributed by atoms with E-state index in [0.717, 1.165) is 10.6 Å². The topological polar surface area (TPSA) is 83.1 Å². The number of thioether (sulfide) groups is 1. The van der Waals surface area contributed by atoms with Crippen LogP contribution in [0.25, 0.3) is 0 Å². The van der Waals surface area contributed by atoms with Gasteiger partial charge >= 0.3 is 5.97 Å². The molecular weight excluding hydrogens is 382 g/mol. The van der Waals surface area contributed by atoms with Crippen molar-refractivity contribution in [3.63, 3.8) is 0 Å². The molecule has 0 radical (unpaired) electrons. The number of anilines is 1. The largest absolute Gasteiger partial charge is 0.494 e. The molecule has 3 rings (SSSR count). The van der Waals surface area contributed by atoms with Crippen LogP contribution in [0.15, 0.2) is 47.4 Å². The fourth-order valence-electron chi connectivity index (χ4n) is 2.44. The number of esters is 1. The van der Waals surface area contributed by atoms with E-state index in [9.17, 15) is 9.59 Å². The van der Waals surface area contributed by atoms with Crippen molar-refractivity contribution in [2.24, 2.45) is 0 Å². The summed E-state index contributed by atoms with van der Waals surface area (Å²) in [6.07, 6.45) is 0. The number of nitrogens with one attached hydrogen (secondary N) is 1. The lowest BCUT2D eigenvalue weighted by molar-refractivity contribution is -0.144. The van der Waals surface area contributed by atoms with E-state index in [1.54, 1.807) is 24.3 Å². The summed E-state index contributed by atoms with van der Waals surface area (Å²) in [7, 11) is 0. The van der Waals surface area contributed by atoms with Gasteiger partial charge < -0.3 is 24.3 Å². The Labute approximate surface area is 167 Å². The van der Waals surface area contributed by atoms with Crippen molar-refractivity contribution in [3.8, 4) is 17.2 Å². The Morgan fingerprint density at radius 2 is 1.82 bits per heavy atom. The van der Waals surface area contributed by atoms with Crippen LogP contribution in [0, 0.1) is 0 Å². The van der Waals surface area contributed by atoms with Crippen molar-refractivity contribution in [1.29, 1.82) is 0 Å². The molecule has 0 saturated heterocycles. The maximum absolute atomic E-state index is 11.9. The highest BCUT2D eigenvalue weighted by molar-refractivity contribution is 8.00. The summed E-state index contributed by atoms with van der Waals surface area (Å²) in [5.41, 5.74) is 0.607. The average molecular weight is 403 g/mol. The molecule has 1 amide bonds. The molecule has 148 valence electrons. The average Bonchev–Trinajstić information content (AvgIpc) is 2.72. The van der Waals surface area contributed by atoms with Crippen molar-refractivity contribution >= 4 is 29.3 Å². The lowest BCUT2D eigenvalue weighted by Gasteiger charge is -2.18. The van der Waals surface area contributed by atoms with Gasteiger partial charge in [0, 0.05) is 10.6 Å². The third-order valence-corrected chi connectivity index (χ3v) is 4.65. The molecule has 1 heterocycles. The minimum atomic E-state index is -0.471. The molecule has 28 heavy (non-hydrogen) atoms. The van der Waals surface area contributed by atoms with Gasteiger partial charge in [0.05, 0.1) is 12.4 Å². The Morgan fingerprint density at radius 3 is 2.57 bits per heavy atom. The smallest absolute Gasteiger partial charge is 0.316 e. The number of hydrogen-bond acceptors (Lipinski definition) is 7. The standard InChI is InChI=1S/C20H21NO6S/c1-2-24-15-5-3-14(4-6-15)21-19(22)12-27-20(23)13-28-16-7-8-17-18(11-16)26-10-9-25-17/h3-8,11H,2,9-10,12-13H2,1H3,(H,21,22). The minimum Gasteiger partial charge on any atom is -0.494 e. The molecule has 0 atom stereocenters. The van der Waals surface area contributed by atoms with E-state index in [1.807, 2.05) is 25.1 Å². The van der Waals surface area contributed by atoms with E-state index in [-0.39, 0.29) is 12.4 Å². The van der Waals surface area contributed by atoms with Crippen LogP contribution >= 0.6 is 11.8 Å². The third-order valence-electron chi connectivity index (χ3n) is 3.68. The number of carbonyl (C=O) groups is 2. The first kappa shape index (κ1) is 19.9. The number of carbonyl (C=O) groups excluding carboxylic acids is 2. The molecular formula is C20H21NO6S. The maximum atomic E-state index is 11.9. The highest BCUT2D eigenvalue weighted by Gasteiger charge is 2.13. The quantitative estimate of drug-likeness (QED) is 0.536. The molecule has 0 fully saturated rings. The zero-order chi connectivity index (χ0) is 19.8. The molecule has 1 aliphatic rings. The maximum Gasteiger partial charge on any atom is 0.316 e. The fourth-order valence-corrected chi connectivity index (χ4v) is 3.16. The zero-order valence-electron chi connectivity index (χ0n) is 15.4. The van der Waals surface area contributed by atoms with Gasteiger partial charge in [-0.3, -0.25) is 9.59 Å². The number of ether oxygens (including phenoxy) is 4. The Hall–Kier alpha value is -2.87.